The number of hydrogen-bond donors (Lipinski definition) is 1. The van der Waals surface area contributed by atoms with E-state index in [0.717, 1.165) is 11.3 Å². The minimum absolute atomic E-state index is 0.175. The number of anilines is 1. The summed E-state index contributed by atoms with van der Waals surface area (Å²) < 4.78 is 12.5. The number of aromatic nitrogens is 1. The van der Waals surface area contributed by atoms with Gasteiger partial charge in [0.25, 0.3) is 5.91 Å². The van der Waals surface area contributed by atoms with E-state index in [9.17, 15) is 19.2 Å². The van der Waals surface area contributed by atoms with Gasteiger partial charge in [0.1, 0.15) is 17.7 Å². The third kappa shape index (κ3) is 4.75. The lowest BCUT2D eigenvalue weighted by Crippen LogP contribution is -2.24. The second kappa shape index (κ2) is 9.21. The largest absolute Gasteiger partial charge is 0.465 e. The number of nitrogens with zero attached hydrogens (tertiary/aromatic N) is 2. The van der Waals surface area contributed by atoms with Gasteiger partial charge in [-0.25, -0.2) is 4.79 Å². The zero-order chi connectivity index (χ0) is 23.5. The number of esters is 1. The van der Waals surface area contributed by atoms with Gasteiger partial charge in [-0.1, -0.05) is 29.5 Å². The summed E-state index contributed by atoms with van der Waals surface area (Å²) >= 11 is 1.14. The topological polar surface area (TPSA) is 120 Å². The molecule has 0 unspecified atom stereocenters. The average Bonchev–Trinajstić information content (AvgIpc) is 3.08. The molecule has 0 saturated heterocycles. The zero-order valence-electron chi connectivity index (χ0n) is 17.8. The van der Waals surface area contributed by atoms with Gasteiger partial charge in [-0.2, -0.15) is 4.99 Å². The molecule has 2 amide bonds. The SMILES string of the molecule is CCOC(=O)Cn1c(=NC(=O)c2cc3ccccc3oc2=O)sc2cc(NC(C)=O)ccc21. The summed E-state index contributed by atoms with van der Waals surface area (Å²) in [4.78, 5) is 53.2. The van der Waals surface area contributed by atoms with Gasteiger partial charge < -0.3 is 19.0 Å². The number of ether oxygens (including phenoxy) is 1. The third-order valence-corrected chi connectivity index (χ3v) is 5.71. The van der Waals surface area contributed by atoms with Gasteiger partial charge in [0.15, 0.2) is 4.80 Å². The van der Waals surface area contributed by atoms with Crippen LogP contribution in [0.3, 0.4) is 0 Å². The number of para-hydroxylation sites is 1. The van der Waals surface area contributed by atoms with Crippen LogP contribution in [-0.2, 0) is 20.9 Å². The summed E-state index contributed by atoms with van der Waals surface area (Å²) in [7, 11) is 0. The van der Waals surface area contributed by atoms with E-state index in [1.807, 2.05) is 0 Å². The summed E-state index contributed by atoms with van der Waals surface area (Å²) in [5.74, 6) is -1.52. The Labute approximate surface area is 190 Å². The van der Waals surface area contributed by atoms with Crippen molar-refractivity contribution in [3.63, 3.8) is 0 Å². The first kappa shape index (κ1) is 22.2. The van der Waals surface area contributed by atoms with Gasteiger partial charge in [0, 0.05) is 18.0 Å². The summed E-state index contributed by atoms with van der Waals surface area (Å²) in [6.45, 7) is 3.12. The Morgan fingerprint density at radius 1 is 1.15 bits per heavy atom. The quantitative estimate of drug-likeness (QED) is 0.357. The normalized spacial score (nSPS) is 11.6. The number of fused-ring (bicyclic) bond motifs is 2. The molecule has 168 valence electrons. The number of carbonyl (C=O) groups excluding carboxylic acids is 3. The van der Waals surface area contributed by atoms with Crippen LogP contribution in [0, 0.1) is 0 Å². The smallest absolute Gasteiger partial charge is 0.349 e. The average molecular weight is 465 g/mol. The summed E-state index contributed by atoms with van der Waals surface area (Å²) in [6.07, 6.45) is 0. The Bertz CT molecular complexity index is 1530. The van der Waals surface area contributed by atoms with E-state index < -0.39 is 17.5 Å². The van der Waals surface area contributed by atoms with E-state index in [1.165, 1.54) is 17.6 Å². The van der Waals surface area contributed by atoms with Crippen molar-refractivity contribution in [2.24, 2.45) is 4.99 Å². The summed E-state index contributed by atoms with van der Waals surface area (Å²) in [5.41, 5.74) is 0.539. The Kier molecular flexibility index (Phi) is 6.18. The predicted molar refractivity (Wildman–Crippen MR) is 123 cm³/mol. The fraction of sp³-hybridized carbons (Fsp3) is 0.174. The van der Waals surface area contributed by atoms with Crippen LogP contribution in [0.2, 0.25) is 0 Å². The Morgan fingerprint density at radius 2 is 1.94 bits per heavy atom. The first-order chi connectivity index (χ1) is 15.9. The van der Waals surface area contributed by atoms with E-state index in [0.29, 0.717) is 26.9 Å². The number of amides is 2. The highest BCUT2D eigenvalue weighted by atomic mass is 32.1. The lowest BCUT2D eigenvalue weighted by Gasteiger charge is -2.06. The molecule has 0 atom stereocenters. The lowest BCUT2D eigenvalue weighted by molar-refractivity contribution is -0.143. The molecule has 0 radical (unpaired) electrons. The molecule has 2 aromatic carbocycles. The van der Waals surface area contributed by atoms with Crippen LogP contribution in [0.25, 0.3) is 21.2 Å². The Hall–Kier alpha value is -4.05. The number of carbonyl (C=O) groups is 3. The van der Waals surface area contributed by atoms with Crippen LogP contribution < -0.4 is 15.7 Å². The second-order valence-corrected chi connectivity index (χ2v) is 8.05. The van der Waals surface area contributed by atoms with Crippen molar-refractivity contribution >= 4 is 56.0 Å². The van der Waals surface area contributed by atoms with E-state index in [4.69, 9.17) is 9.15 Å². The highest BCUT2D eigenvalue weighted by Crippen LogP contribution is 2.22. The van der Waals surface area contributed by atoms with E-state index in [1.54, 1.807) is 49.4 Å². The molecule has 0 spiro atoms. The van der Waals surface area contributed by atoms with E-state index in [-0.39, 0.29) is 29.4 Å². The molecule has 4 aromatic rings. The van der Waals surface area contributed by atoms with Gasteiger partial charge in [-0.15, -0.1) is 0 Å². The van der Waals surface area contributed by atoms with E-state index in [2.05, 4.69) is 10.3 Å². The first-order valence-corrected chi connectivity index (χ1v) is 10.9. The van der Waals surface area contributed by atoms with Crippen LogP contribution >= 0.6 is 11.3 Å². The molecule has 2 heterocycles. The third-order valence-electron chi connectivity index (χ3n) is 4.66. The Morgan fingerprint density at radius 3 is 2.70 bits per heavy atom. The van der Waals surface area contributed by atoms with E-state index >= 15 is 0 Å². The van der Waals surface area contributed by atoms with Crippen LogP contribution in [-0.4, -0.2) is 29.0 Å². The maximum atomic E-state index is 12.9. The zero-order valence-corrected chi connectivity index (χ0v) is 18.6. The van der Waals surface area contributed by atoms with Crippen molar-refractivity contribution in [3.8, 4) is 0 Å². The number of benzene rings is 2. The monoisotopic (exact) mass is 465 g/mol. The van der Waals surface area contributed by atoms with Gasteiger partial charge in [-0.3, -0.25) is 14.4 Å². The molecule has 0 aliphatic carbocycles. The Balaban J connectivity index is 1.84. The maximum absolute atomic E-state index is 12.9. The number of nitrogens with one attached hydrogen (secondary N) is 1. The molecule has 0 aliphatic rings. The molecule has 33 heavy (non-hydrogen) atoms. The van der Waals surface area contributed by atoms with Crippen LogP contribution in [0.15, 0.2) is 62.7 Å². The number of hydrogen-bond acceptors (Lipinski definition) is 7. The highest BCUT2D eigenvalue weighted by molar-refractivity contribution is 7.16. The molecule has 1 N–H and O–H groups in total. The van der Waals surface area contributed by atoms with Crippen molar-refractivity contribution in [3.05, 3.63) is 69.3 Å². The van der Waals surface area contributed by atoms with Crippen LogP contribution in [0.5, 0.6) is 0 Å². The highest BCUT2D eigenvalue weighted by Gasteiger charge is 2.16. The molecular formula is C23H19N3O6S. The van der Waals surface area contributed by atoms with Crippen molar-refractivity contribution in [2.45, 2.75) is 20.4 Å². The van der Waals surface area contributed by atoms with Gasteiger partial charge >= 0.3 is 11.6 Å². The molecule has 4 rings (SSSR count). The molecule has 0 bridgehead atoms. The fourth-order valence-electron chi connectivity index (χ4n) is 3.29. The number of rotatable bonds is 5. The summed E-state index contributed by atoms with van der Waals surface area (Å²) in [5, 5.41) is 3.28. The van der Waals surface area contributed by atoms with Crippen LogP contribution in [0.1, 0.15) is 24.2 Å². The number of thiazole rings is 1. The lowest BCUT2D eigenvalue weighted by atomic mass is 10.2. The first-order valence-electron chi connectivity index (χ1n) is 10.0. The molecule has 9 nitrogen and oxygen atoms in total. The molecular weight excluding hydrogens is 446 g/mol. The van der Waals surface area contributed by atoms with Gasteiger partial charge in [-0.05, 0) is 37.3 Å². The fourth-order valence-corrected chi connectivity index (χ4v) is 4.35. The standard InChI is InChI=1S/C23H19N3O6S/c1-3-31-20(28)12-26-17-9-8-15(24-13(2)27)11-19(17)33-23(26)25-21(29)16-10-14-6-4-5-7-18(14)32-22(16)30/h4-11H,3,12H2,1-2H3,(H,24,27). The predicted octanol–water partition coefficient (Wildman–Crippen LogP) is 3.07. The second-order valence-electron chi connectivity index (χ2n) is 7.04. The van der Waals surface area contributed by atoms with Crippen molar-refractivity contribution in [2.75, 3.05) is 11.9 Å². The maximum Gasteiger partial charge on any atom is 0.349 e. The van der Waals surface area contributed by atoms with Crippen molar-refractivity contribution < 1.29 is 23.5 Å². The molecule has 0 saturated carbocycles. The minimum atomic E-state index is -0.798. The van der Waals surface area contributed by atoms with Gasteiger partial charge in [0.05, 0.1) is 16.8 Å². The van der Waals surface area contributed by atoms with Crippen molar-refractivity contribution in [1.82, 2.24) is 4.57 Å². The molecule has 2 aromatic heterocycles. The summed E-state index contributed by atoms with van der Waals surface area (Å²) in [6, 6.07) is 13.4. The molecule has 0 fully saturated rings. The van der Waals surface area contributed by atoms with Crippen molar-refractivity contribution in [1.29, 1.82) is 0 Å². The minimum Gasteiger partial charge on any atom is -0.465 e. The molecule has 0 aliphatic heterocycles. The molecule has 10 heteroatoms. The van der Waals surface area contributed by atoms with Gasteiger partial charge in [0.2, 0.25) is 5.91 Å². The van der Waals surface area contributed by atoms with Crippen LogP contribution in [0.4, 0.5) is 5.69 Å².